The maximum atomic E-state index is 12.6. The topological polar surface area (TPSA) is 98.7 Å². The van der Waals surface area contributed by atoms with Crippen LogP contribution >= 0.6 is 0 Å². The summed E-state index contributed by atoms with van der Waals surface area (Å²) >= 11 is 0. The summed E-state index contributed by atoms with van der Waals surface area (Å²) in [6, 6.07) is 13.6. The van der Waals surface area contributed by atoms with Crippen LogP contribution in [0.15, 0.2) is 54.6 Å². The largest absolute Gasteiger partial charge is 0.454 e. The lowest BCUT2D eigenvalue weighted by Crippen LogP contribution is -2.36. The molecule has 4 N–H and O–H groups in total. The van der Waals surface area contributed by atoms with Crippen LogP contribution in [0.25, 0.3) is 0 Å². The Kier molecular flexibility index (Phi) is 9.74. The van der Waals surface area contributed by atoms with Gasteiger partial charge < -0.3 is 20.7 Å². The SMILES string of the molecule is O=C(NCc1ccccc1)c1cccc(C(F)(F)F)c1.O=CNC1CCCC(B(O)O)C1. The van der Waals surface area contributed by atoms with Gasteiger partial charge in [-0.25, -0.2) is 0 Å². The molecule has 32 heavy (non-hydrogen) atoms. The van der Waals surface area contributed by atoms with Crippen LogP contribution in [0, 0.1) is 0 Å². The number of halogens is 3. The number of alkyl halides is 3. The van der Waals surface area contributed by atoms with Gasteiger partial charge in [-0.05, 0) is 42.4 Å². The first kappa shape index (κ1) is 25.4. The molecule has 1 saturated carbocycles. The highest BCUT2D eigenvalue weighted by molar-refractivity contribution is 6.43. The number of carbonyl (C=O) groups excluding carboxylic acids is 2. The molecule has 2 amide bonds. The van der Waals surface area contributed by atoms with Crippen molar-refractivity contribution in [1.29, 1.82) is 0 Å². The molecule has 2 unspecified atom stereocenters. The highest BCUT2D eigenvalue weighted by Gasteiger charge is 2.31. The van der Waals surface area contributed by atoms with Gasteiger partial charge in [0, 0.05) is 18.2 Å². The van der Waals surface area contributed by atoms with Crippen molar-refractivity contribution in [2.24, 2.45) is 0 Å². The number of hydrogen-bond acceptors (Lipinski definition) is 4. The molecular formula is C22H26BF3N2O4. The Labute approximate surface area is 185 Å². The van der Waals surface area contributed by atoms with Crippen molar-refractivity contribution in [1.82, 2.24) is 10.6 Å². The second kappa shape index (κ2) is 12.3. The van der Waals surface area contributed by atoms with E-state index in [1.807, 2.05) is 30.3 Å². The Balaban J connectivity index is 0.000000258. The maximum Gasteiger partial charge on any atom is 0.454 e. The van der Waals surface area contributed by atoms with E-state index in [0.29, 0.717) is 12.8 Å². The minimum Gasteiger partial charge on any atom is -0.427 e. The standard InChI is InChI=1S/C15H12F3NO.C7H14BNO3/c16-15(17,18)13-8-4-7-12(9-13)14(20)19-10-11-5-2-1-3-6-11;10-5-9-7-3-1-2-6(4-7)8(11)12/h1-9H,10H2,(H,19,20);5-7,11-12H,1-4H2,(H,9,10). The lowest BCUT2D eigenvalue weighted by atomic mass is 9.64. The van der Waals surface area contributed by atoms with E-state index >= 15 is 0 Å². The lowest BCUT2D eigenvalue weighted by Gasteiger charge is -2.27. The second-order valence-electron chi connectivity index (χ2n) is 7.57. The molecule has 6 nitrogen and oxygen atoms in total. The molecule has 0 aromatic heterocycles. The summed E-state index contributed by atoms with van der Waals surface area (Å²) in [4.78, 5) is 21.9. The molecule has 10 heteroatoms. The molecule has 0 spiro atoms. The van der Waals surface area contributed by atoms with Crippen molar-refractivity contribution in [2.75, 3.05) is 0 Å². The number of nitrogens with one attached hydrogen (secondary N) is 2. The fraction of sp³-hybridized carbons (Fsp3) is 0.364. The van der Waals surface area contributed by atoms with Gasteiger partial charge in [-0.3, -0.25) is 9.59 Å². The zero-order chi connectivity index (χ0) is 23.6. The van der Waals surface area contributed by atoms with Crippen LogP contribution < -0.4 is 10.6 Å². The number of amides is 2. The normalized spacial score (nSPS) is 18.0. The Morgan fingerprint density at radius 1 is 1.09 bits per heavy atom. The molecule has 2 aromatic rings. The van der Waals surface area contributed by atoms with Crippen LogP contribution in [0.4, 0.5) is 13.2 Å². The Morgan fingerprint density at radius 2 is 1.81 bits per heavy atom. The fourth-order valence-electron chi connectivity index (χ4n) is 3.46. The smallest absolute Gasteiger partial charge is 0.427 e. The first-order valence-corrected chi connectivity index (χ1v) is 10.3. The lowest BCUT2D eigenvalue weighted by molar-refractivity contribution is -0.137. The molecule has 1 fully saturated rings. The Hall–Kier alpha value is -2.85. The molecule has 2 aromatic carbocycles. The van der Waals surface area contributed by atoms with E-state index < -0.39 is 24.8 Å². The van der Waals surface area contributed by atoms with Crippen LogP contribution in [0.2, 0.25) is 5.82 Å². The first-order valence-electron chi connectivity index (χ1n) is 10.3. The van der Waals surface area contributed by atoms with Gasteiger partial charge in [0.25, 0.3) is 5.91 Å². The van der Waals surface area contributed by atoms with Crippen molar-refractivity contribution >= 4 is 19.4 Å². The molecular weight excluding hydrogens is 424 g/mol. The predicted molar refractivity (Wildman–Crippen MR) is 114 cm³/mol. The summed E-state index contributed by atoms with van der Waals surface area (Å²) in [5.41, 5.74) is 0.0495. The molecule has 1 aliphatic carbocycles. The third kappa shape index (κ3) is 8.35. The molecule has 1 aliphatic rings. The van der Waals surface area contributed by atoms with Gasteiger partial charge >= 0.3 is 13.3 Å². The van der Waals surface area contributed by atoms with E-state index in [1.165, 1.54) is 12.1 Å². The summed E-state index contributed by atoms with van der Waals surface area (Å²) in [7, 11) is -1.23. The zero-order valence-corrected chi connectivity index (χ0v) is 17.4. The van der Waals surface area contributed by atoms with Gasteiger partial charge in [0.15, 0.2) is 0 Å². The van der Waals surface area contributed by atoms with E-state index in [4.69, 9.17) is 10.0 Å². The molecule has 3 rings (SSSR count). The van der Waals surface area contributed by atoms with Gasteiger partial charge in [-0.15, -0.1) is 0 Å². The van der Waals surface area contributed by atoms with Crippen molar-refractivity contribution in [3.63, 3.8) is 0 Å². The van der Waals surface area contributed by atoms with Gasteiger partial charge in [0.05, 0.1) is 5.56 Å². The van der Waals surface area contributed by atoms with Crippen molar-refractivity contribution in [3.8, 4) is 0 Å². The minimum atomic E-state index is -4.45. The summed E-state index contributed by atoms with van der Waals surface area (Å²) in [5, 5.41) is 23.1. The third-order valence-corrected chi connectivity index (χ3v) is 5.19. The fourth-order valence-corrected chi connectivity index (χ4v) is 3.46. The van der Waals surface area contributed by atoms with Gasteiger partial charge in [0.2, 0.25) is 6.41 Å². The molecule has 2 atom stereocenters. The molecule has 0 bridgehead atoms. The van der Waals surface area contributed by atoms with E-state index in [-0.39, 0.29) is 24.0 Å². The van der Waals surface area contributed by atoms with Crippen LogP contribution in [0.3, 0.4) is 0 Å². The van der Waals surface area contributed by atoms with Crippen LogP contribution in [-0.4, -0.2) is 35.5 Å². The van der Waals surface area contributed by atoms with Gasteiger partial charge in [0.1, 0.15) is 0 Å². The van der Waals surface area contributed by atoms with Crippen LogP contribution in [-0.2, 0) is 17.5 Å². The molecule has 0 radical (unpaired) electrons. The summed E-state index contributed by atoms with van der Waals surface area (Å²) in [6.45, 7) is 0.274. The van der Waals surface area contributed by atoms with Crippen LogP contribution in [0.5, 0.6) is 0 Å². The summed E-state index contributed by atoms with van der Waals surface area (Å²) < 4.78 is 37.7. The Morgan fingerprint density at radius 3 is 2.44 bits per heavy atom. The first-order chi connectivity index (χ1) is 15.2. The van der Waals surface area contributed by atoms with E-state index in [2.05, 4.69) is 10.6 Å². The number of benzene rings is 2. The minimum absolute atomic E-state index is 0.00393. The quantitative estimate of drug-likeness (QED) is 0.402. The van der Waals surface area contributed by atoms with E-state index in [1.54, 1.807) is 0 Å². The van der Waals surface area contributed by atoms with Gasteiger partial charge in [-0.2, -0.15) is 13.2 Å². The predicted octanol–water partition coefficient (Wildman–Crippen LogP) is 3.15. The summed E-state index contributed by atoms with van der Waals surface area (Å²) in [6.07, 6.45) is -0.354. The highest BCUT2D eigenvalue weighted by Crippen LogP contribution is 2.30. The zero-order valence-electron chi connectivity index (χ0n) is 17.4. The maximum absolute atomic E-state index is 12.6. The monoisotopic (exact) mass is 450 g/mol. The number of rotatable bonds is 6. The van der Waals surface area contributed by atoms with E-state index in [0.717, 1.165) is 37.0 Å². The average Bonchev–Trinajstić information content (AvgIpc) is 2.78. The number of carbonyl (C=O) groups is 2. The molecule has 0 aliphatic heterocycles. The molecule has 0 saturated heterocycles. The summed E-state index contributed by atoms with van der Waals surface area (Å²) in [5.74, 6) is -0.601. The molecule has 172 valence electrons. The Bertz CT molecular complexity index is 866. The van der Waals surface area contributed by atoms with E-state index in [9.17, 15) is 22.8 Å². The third-order valence-electron chi connectivity index (χ3n) is 5.19. The average molecular weight is 450 g/mol. The van der Waals surface area contributed by atoms with Crippen LogP contribution in [0.1, 0.15) is 47.2 Å². The van der Waals surface area contributed by atoms with Crippen molar-refractivity contribution in [3.05, 3.63) is 71.3 Å². The van der Waals surface area contributed by atoms with Crippen molar-refractivity contribution in [2.45, 2.75) is 50.3 Å². The van der Waals surface area contributed by atoms with Gasteiger partial charge in [-0.1, -0.05) is 49.2 Å². The second-order valence-corrected chi connectivity index (χ2v) is 7.57. The highest BCUT2D eigenvalue weighted by atomic mass is 19.4. The number of hydrogen-bond donors (Lipinski definition) is 4. The molecule has 0 heterocycles. The van der Waals surface area contributed by atoms with Crippen molar-refractivity contribution < 1.29 is 32.8 Å².